The van der Waals surface area contributed by atoms with Crippen LogP contribution in [0.2, 0.25) is 0 Å². The van der Waals surface area contributed by atoms with Gasteiger partial charge in [-0.2, -0.15) is 0 Å². The van der Waals surface area contributed by atoms with Gasteiger partial charge in [-0.1, -0.05) is 54.7 Å². The molecule has 1 N–H and O–H groups in total. The fraction of sp³-hybridized carbons (Fsp3) is 0.211. The molecule has 1 amide bonds. The number of anilines is 2. The average Bonchev–Trinajstić information content (AvgIpc) is 3.04. The minimum absolute atomic E-state index is 0.0429. The van der Waals surface area contributed by atoms with E-state index in [1.807, 2.05) is 55.5 Å². The number of rotatable bonds is 5. The van der Waals surface area contributed by atoms with Crippen LogP contribution in [0.15, 0.2) is 68.3 Å². The van der Waals surface area contributed by atoms with E-state index in [0.29, 0.717) is 11.7 Å². The van der Waals surface area contributed by atoms with Crippen molar-refractivity contribution in [1.29, 1.82) is 0 Å². The molecule has 0 saturated carbocycles. The normalized spacial score (nSPS) is 12.6. The average molecular weight is 399 g/mol. The number of thioether (sulfide) groups is 1. The van der Waals surface area contributed by atoms with Gasteiger partial charge in [-0.15, -0.1) is 5.10 Å². The number of nitrogens with zero attached hydrogens (tertiary/aromatic N) is 3. The molecule has 138 valence electrons. The number of carbonyl (C=O) groups excluding carboxylic acids is 1. The van der Waals surface area contributed by atoms with E-state index in [9.17, 15) is 9.59 Å². The summed E-state index contributed by atoms with van der Waals surface area (Å²) < 4.78 is 1.58. The molecule has 6 nitrogen and oxygen atoms in total. The molecule has 0 saturated heterocycles. The van der Waals surface area contributed by atoms with Crippen LogP contribution >= 0.6 is 23.5 Å². The third-order valence-corrected chi connectivity index (χ3v) is 6.27. The van der Waals surface area contributed by atoms with Gasteiger partial charge in [-0.3, -0.25) is 14.3 Å². The predicted molar refractivity (Wildman–Crippen MR) is 108 cm³/mol. The molecule has 0 atom stereocenters. The second kappa shape index (κ2) is 7.66. The van der Waals surface area contributed by atoms with Crippen LogP contribution in [0.3, 0.4) is 0 Å². The zero-order valence-electron chi connectivity index (χ0n) is 14.7. The van der Waals surface area contributed by atoms with Crippen molar-refractivity contribution >= 4 is 40.8 Å². The molecular weight excluding hydrogens is 380 g/mol. The number of nitrogens with one attached hydrogen (secondary N) is 1. The van der Waals surface area contributed by atoms with Crippen molar-refractivity contribution in [2.75, 3.05) is 10.7 Å². The summed E-state index contributed by atoms with van der Waals surface area (Å²) in [6, 6.07) is 15.8. The number of hydrogen-bond acceptors (Lipinski definition) is 5. The Balaban J connectivity index is 1.62. The standard InChI is InChI=1S/C19H18N4O2S2/c1-2-11-22-18(25)20-21-19(22)26-12-17(24)23-13-7-3-5-9-15(13)27-16-10-6-4-8-14(16)23/h3-10H,2,11-12H2,1H3,(H,20,25). The van der Waals surface area contributed by atoms with Crippen molar-refractivity contribution in [3.63, 3.8) is 0 Å². The SMILES string of the molecule is CCCn1c(SCC(=O)N2c3ccccc3Sc3ccccc32)n[nH]c1=O. The van der Waals surface area contributed by atoms with Gasteiger partial charge in [0.2, 0.25) is 5.91 Å². The van der Waals surface area contributed by atoms with E-state index in [-0.39, 0.29) is 17.3 Å². The van der Waals surface area contributed by atoms with E-state index in [1.165, 1.54) is 11.8 Å². The van der Waals surface area contributed by atoms with E-state index in [0.717, 1.165) is 27.6 Å². The van der Waals surface area contributed by atoms with E-state index in [4.69, 9.17) is 0 Å². The number of H-pyrrole nitrogens is 1. The summed E-state index contributed by atoms with van der Waals surface area (Å²) in [7, 11) is 0. The smallest absolute Gasteiger partial charge is 0.278 e. The summed E-state index contributed by atoms with van der Waals surface area (Å²) in [6.45, 7) is 2.58. The molecule has 0 radical (unpaired) electrons. The van der Waals surface area contributed by atoms with Crippen molar-refractivity contribution < 1.29 is 4.79 Å². The maximum absolute atomic E-state index is 13.1. The first kappa shape index (κ1) is 17.9. The Hall–Kier alpha value is -2.45. The monoisotopic (exact) mass is 398 g/mol. The molecule has 1 aromatic heterocycles. The van der Waals surface area contributed by atoms with Gasteiger partial charge in [0.1, 0.15) is 0 Å². The van der Waals surface area contributed by atoms with E-state index >= 15 is 0 Å². The molecule has 0 fully saturated rings. The van der Waals surface area contributed by atoms with Gasteiger partial charge >= 0.3 is 5.69 Å². The van der Waals surface area contributed by atoms with Crippen LogP contribution in [0.4, 0.5) is 11.4 Å². The van der Waals surface area contributed by atoms with Gasteiger partial charge in [0.25, 0.3) is 0 Å². The highest BCUT2D eigenvalue weighted by Gasteiger charge is 2.28. The number of carbonyl (C=O) groups is 1. The number of aromatic nitrogens is 3. The van der Waals surface area contributed by atoms with E-state index in [1.54, 1.807) is 21.2 Å². The molecular formula is C19H18N4O2S2. The summed E-state index contributed by atoms with van der Waals surface area (Å²) >= 11 is 2.95. The van der Waals surface area contributed by atoms with Gasteiger partial charge in [-0.05, 0) is 30.7 Å². The zero-order chi connectivity index (χ0) is 18.8. The first-order valence-corrected chi connectivity index (χ1v) is 10.5. The summed E-state index contributed by atoms with van der Waals surface area (Å²) in [4.78, 5) is 28.9. The second-order valence-electron chi connectivity index (χ2n) is 6.02. The largest absolute Gasteiger partial charge is 0.343 e. The summed E-state index contributed by atoms with van der Waals surface area (Å²) in [5.41, 5.74) is 1.54. The number of fused-ring (bicyclic) bond motifs is 2. The lowest BCUT2D eigenvalue weighted by Crippen LogP contribution is -2.30. The molecule has 2 heterocycles. The molecule has 1 aliphatic rings. The van der Waals surface area contributed by atoms with Crippen LogP contribution in [0.5, 0.6) is 0 Å². The molecule has 2 aromatic carbocycles. The maximum atomic E-state index is 13.1. The third kappa shape index (κ3) is 3.42. The highest BCUT2D eigenvalue weighted by Crippen LogP contribution is 2.48. The molecule has 0 bridgehead atoms. The Kier molecular flexibility index (Phi) is 5.09. The quantitative estimate of drug-likeness (QED) is 0.660. The minimum Gasteiger partial charge on any atom is -0.278 e. The first-order chi connectivity index (χ1) is 13.2. The second-order valence-corrected chi connectivity index (χ2v) is 8.04. The van der Waals surface area contributed by atoms with Crippen molar-refractivity contribution in [3.05, 3.63) is 59.0 Å². The topological polar surface area (TPSA) is 71.0 Å². The van der Waals surface area contributed by atoms with Crippen LogP contribution in [0.25, 0.3) is 0 Å². The Morgan fingerprint density at radius 1 is 1.11 bits per heavy atom. The molecule has 0 aliphatic carbocycles. The van der Waals surface area contributed by atoms with Crippen LogP contribution in [-0.4, -0.2) is 26.4 Å². The van der Waals surface area contributed by atoms with Crippen molar-refractivity contribution in [2.24, 2.45) is 0 Å². The van der Waals surface area contributed by atoms with Gasteiger partial charge in [0.05, 0.1) is 17.1 Å². The number of para-hydroxylation sites is 2. The molecule has 0 unspecified atom stereocenters. The summed E-state index contributed by atoms with van der Waals surface area (Å²) in [5, 5.41) is 7.06. The lowest BCUT2D eigenvalue weighted by molar-refractivity contribution is -0.115. The Bertz CT molecular complexity index is 998. The predicted octanol–water partition coefficient (Wildman–Crippen LogP) is 3.90. The third-order valence-electron chi connectivity index (χ3n) is 4.18. The molecule has 27 heavy (non-hydrogen) atoms. The zero-order valence-corrected chi connectivity index (χ0v) is 16.3. The van der Waals surface area contributed by atoms with Crippen molar-refractivity contribution in [2.45, 2.75) is 34.8 Å². The molecule has 0 spiro atoms. The molecule has 3 aromatic rings. The Labute approximate surface area is 165 Å². The Morgan fingerprint density at radius 3 is 2.37 bits per heavy atom. The van der Waals surface area contributed by atoms with E-state index < -0.39 is 0 Å². The minimum atomic E-state index is -0.239. The molecule has 1 aliphatic heterocycles. The van der Waals surface area contributed by atoms with Gasteiger partial charge in [0, 0.05) is 16.3 Å². The van der Waals surface area contributed by atoms with Crippen LogP contribution in [-0.2, 0) is 11.3 Å². The fourth-order valence-corrected chi connectivity index (χ4v) is 4.88. The maximum Gasteiger partial charge on any atom is 0.343 e. The van der Waals surface area contributed by atoms with Gasteiger partial charge in [0.15, 0.2) is 5.16 Å². The molecule has 4 rings (SSSR count). The Morgan fingerprint density at radius 2 is 1.74 bits per heavy atom. The lowest BCUT2D eigenvalue weighted by Gasteiger charge is -2.30. The summed E-state index contributed by atoms with van der Waals surface area (Å²) in [6.07, 6.45) is 0.824. The summed E-state index contributed by atoms with van der Waals surface area (Å²) in [5.74, 6) is 0.153. The van der Waals surface area contributed by atoms with Crippen LogP contribution in [0.1, 0.15) is 13.3 Å². The molecule has 8 heteroatoms. The van der Waals surface area contributed by atoms with Gasteiger partial charge < -0.3 is 0 Å². The number of aromatic amines is 1. The van der Waals surface area contributed by atoms with Gasteiger partial charge in [-0.25, -0.2) is 9.89 Å². The van der Waals surface area contributed by atoms with Crippen LogP contribution < -0.4 is 10.6 Å². The van der Waals surface area contributed by atoms with Crippen LogP contribution in [0, 0.1) is 0 Å². The van der Waals surface area contributed by atoms with Crippen molar-refractivity contribution in [1.82, 2.24) is 14.8 Å². The fourth-order valence-electron chi connectivity index (χ4n) is 3.00. The first-order valence-electron chi connectivity index (χ1n) is 8.66. The number of amides is 1. The van der Waals surface area contributed by atoms with E-state index in [2.05, 4.69) is 10.2 Å². The lowest BCUT2D eigenvalue weighted by atomic mass is 10.2. The number of hydrogen-bond donors (Lipinski definition) is 1. The number of benzene rings is 2. The highest BCUT2D eigenvalue weighted by atomic mass is 32.2. The highest BCUT2D eigenvalue weighted by molar-refractivity contribution is 8.00. The van der Waals surface area contributed by atoms with Crippen molar-refractivity contribution in [3.8, 4) is 0 Å².